The molecule has 1 aromatic carbocycles. The number of aryl methyl sites for hydroxylation is 1. The predicted octanol–water partition coefficient (Wildman–Crippen LogP) is 2.63. The van der Waals surface area contributed by atoms with Crippen molar-refractivity contribution < 1.29 is 17.7 Å². The molecular formula is C9H8BF3NO-. The number of ether oxygens (including phenoxy) is 1. The van der Waals surface area contributed by atoms with Gasteiger partial charge in [-0.3, -0.25) is 0 Å². The fraction of sp³-hybridized carbons (Fsp3) is 0.222. The minimum Gasteiger partial charge on any atom is -0.521 e. The zero-order chi connectivity index (χ0) is 11.5. The summed E-state index contributed by atoms with van der Waals surface area (Å²) >= 11 is 0. The molecule has 0 saturated carbocycles. The molecule has 0 aliphatic rings. The van der Waals surface area contributed by atoms with E-state index in [1.54, 1.807) is 13.0 Å². The zero-order valence-corrected chi connectivity index (χ0v) is 8.01. The Kier molecular flexibility index (Phi) is 3.25. The van der Waals surface area contributed by atoms with Gasteiger partial charge in [0.15, 0.2) is 0 Å². The number of nitrogens with zero attached hydrogens (tertiary/aromatic N) is 1. The summed E-state index contributed by atoms with van der Waals surface area (Å²) in [5.74, 6) is 0.105. The first-order valence-electron chi connectivity index (χ1n) is 4.27. The number of hydrogen-bond acceptors (Lipinski definition) is 2. The molecule has 0 aliphatic heterocycles. The molecule has 2 nitrogen and oxygen atoms in total. The summed E-state index contributed by atoms with van der Waals surface area (Å²) in [7, 11) is 0. The lowest BCUT2D eigenvalue weighted by atomic mass is 9.95. The van der Waals surface area contributed by atoms with E-state index in [0.29, 0.717) is 5.56 Å². The van der Waals surface area contributed by atoms with Crippen LogP contribution in [0.5, 0.6) is 5.75 Å². The number of nitriles is 1. The maximum Gasteiger partial charge on any atom is 0.515 e. The van der Waals surface area contributed by atoms with E-state index in [4.69, 9.17) is 5.26 Å². The molecule has 6 heteroatoms. The molecule has 0 radical (unpaired) electrons. The van der Waals surface area contributed by atoms with Gasteiger partial charge in [0.05, 0.1) is 18.1 Å². The molecule has 0 bridgehead atoms. The van der Waals surface area contributed by atoms with Gasteiger partial charge in [0.2, 0.25) is 0 Å². The smallest absolute Gasteiger partial charge is 0.515 e. The van der Waals surface area contributed by atoms with Crippen molar-refractivity contribution in [2.45, 2.75) is 6.92 Å². The van der Waals surface area contributed by atoms with E-state index in [1.807, 2.05) is 6.07 Å². The SMILES string of the molecule is Cc1ccc(C#N)cc1OC[B-](F)(F)F. The van der Waals surface area contributed by atoms with E-state index < -0.39 is 13.5 Å². The van der Waals surface area contributed by atoms with Crippen molar-refractivity contribution in [3.05, 3.63) is 29.3 Å². The van der Waals surface area contributed by atoms with Crippen molar-refractivity contribution in [2.75, 3.05) is 6.51 Å². The van der Waals surface area contributed by atoms with Crippen molar-refractivity contribution in [1.82, 2.24) is 0 Å². The van der Waals surface area contributed by atoms with Crippen LogP contribution in [-0.4, -0.2) is 13.5 Å². The largest absolute Gasteiger partial charge is 0.521 e. The van der Waals surface area contributed by atoms with E-state index in [0.717, 1.165) is 0 Å². The van der Waals surface area contributed by atoms with Gasteiger partial charge in [0.25, 0.3) is 0 Å². The highest BCUT2D eigenvalue weighted by molar-refractivity contribution is 6.58. The van der Waals surface area contributed by atoms with E-state index in [2.05, 4.69) is 4.74 Å². The van der Waals surface area contributed by atoms with Crippen LogP contribution in [0.2, 0.25) is 0 Å². The molecule has 0 spiro atoms. The summed E-state index contributed by atoms with van der Waals surface area (Å²) in [6.45, 7) is -4.62. The molecule has 1 aromatic rings. The van der Waals surface area contributed by atoms with Gasteiger partial charge in [-0.1, -0.05) is 6.07 Å². The molecule has 0 fully saturated rings. The van der Waals surface area contributed by atoms with Gasteiger partial charge >= 0.3 is 6.98 Å². The topological polar surface area (TPSA) is 33.0 Å². The van der Waals surface area contributed by atoms with Gasteiger partial charge in [-0.05, 0) is 24.6 Å². The van der Waals surface area contributed by atoms with Crippen LogP contribution in [-0.2, 0) is 0 Å². The molecule has 0 amide bonds. The monoisotopic (exact) mass is 214 g/mol. The summed E-state index contributed by atoms with van der Waals surface area (Å²) in [5, 5.41) is 8.56. The fourth-order valence-corrected chi connectivity index (χ4v) is 1.01. The third kappa shape index (κ3) is 3.54. The first-order chi connectivity index (χ1) is 6.92. The summed E-state index contributed by atoms with van der Waals surface area (Å²) in [6.07, 6.45) is 0. The number of rotatable bonds is 3. The van der Waals surface area contributed by atoms with E-state index in [-0.39, 0.29) is 11.3 Å². The lowest BCUT2D eigenvalue weighted by Crippen LogP contribution is -2.26. The summed E-state index contributed by atoms with van der Waals surface area (Å²) < 4.78 is 40.4. The molecule has 80 valence electrons. The second kappa shape index (κ2) is 4.26. The molecule has 0 aromatic heterocycles. The normalized spacial score (nSPS) is 10.9. The number of hydrogen-bond donors (Lipinski definition) is 0. The summed E-state index contributed by atoms with van der Waals surface area (Å²) in [5.41, 5.74) is 0.860. The molecular weight excluding hydrogens is 206 g/mol. The fourth-order valence-electron chi connectivity index (χ4n) is 1.01. The molecule has 15 heavy (non-hydrogen) atoms. The van der Waals surface area contributed by atoms with Gasteiger partial charge in [-0.15, -0.1) is 0 Å². The van der Waals surface area contributed by atoms with Crippen molar-refractivity contribution in [2.24, 2.45) is 0 Å². The van der Waals surface area contributed by atoms with Gasteiger partial charge in [0, 0.05) is 0 Å². The van der Waals surface area contributed by atoms with Crippen LogP contribution in [0.4, 0.5) is 12.9 Å². The number of halogens is 3. The average Bonchev–Trinajstić information content (AvgIpc) is 2.15. The highest BCUT2D eigenvalue weighted by Gasteiger charge is 2.24. The minimum absolute atomic E-state index is 0.105. The third-order valence-corrected chi connectivity index (χ3v) is 1.75. The molecule has 0 atom stereocenters. The Labute approximate surface area is 85.3 Å². The standard InChI is InChI=1S/C9H8BF3NO/c1-7-2-3-8(5-14)4-9(7)15-6-10(11,12)13/h2-4H,6H2,1H3/q-1. The van der Waals surface area contributed by atoms with Crippen molar-refractivity contribution >= 4 is 6.98 Å². The van der Waals surface area contributed by atoms with E-state index >= 15 is 0 Å². The molecule has 1 rings (SSSR count). The van der Waals surface area contributed by atoms with Crippen LogP contribution < -0.4 is 4.74 Å². The van der Waals surface area contributed by atoms with Crippen LogP contribution in [0.15, 0.2) is 18.2 Å². The molecule has 0 aliphatic carbocycles. The molecule has 0 unspecified atom stereocenters. The minimum atomic E-state index is -4.96. The lowest BCUT2D eigenvalue weighted by Gasteiger charge is -2.16. The van der Waals surface area contributed by atoms with Crippen LogP contribution in [0.25, 0.3) is 0 Å². The van der Waals surface area contributed by atoms with Crippen LogP contribution >= 0.6 is 0 Å². The Morgan fingerprint density at radius 2 is 2.07 bits per heavy atom. The van der Waals surface area contributed by atoms with Crippen LogP contribution in [0.3, 0.4) is 0 Å². The average molecular weight is 214 g/mol. The maximum absolute atomic E-state index is 11.9. The van der Waals surface area contributed by atoms with Gasteiger partial charge in [-0.2, -0.15) is 5.26 Å². The van der Waals surface area contributed by atoms with Gasteiger partial charge in [0.1, 0.15) is 5.75 Å². The number of benzene rings is 1. The second-order valence-electron chi connectivity index (χ2n) is 3.11. The Morgan fingerprint density at radius 1 is 1.40 bits per heavy atom. The maximum atomic E-state index is 11.9. The summed E-state index contributed by atoms with van der Waals surface area (Å²) in [4.78, 5) is 0. The van der Waals surface area contributed by atoms with Gasteiger partial charge in [-0.25, -0.2) is 0 Å². The molecule has 0 N–H and O–H groups in total. The van der Waals surface area contributed by atoms with Crippen LogP contribution in [0, 0.1) is 18.3 Å². The van der Waals surface area contributed by atoms with E-state index in [9.17, 15) is 12.9 Å². The van der Waals surface area contributed by atoms with Crippen molar-refractivity contribution in [3.63, 3.8) is 0 Å². The molecule has 0 heterocycles. The van der Waals surface area contributed by atoms with Crippen LogP contribution in [0.1, 0.15) is 11.1 Å². The van der Waals surface area contributed by atoms with Crippen molar-refractivity contribution in [1.29, 1.82) is 5.26 Å². The van der Waals surface area contributed by atoms with E-state index in [1.165, 1.54) is 12.1 Å². The third-order valence-electron chi connectivity index (χ3n) is 1.75. The quantitative estimate of drug-likeness (QED) is 0.724. The van der Waals surface area contributed by atoms with Crippen molar-refractivity contribution in [3.8, 4) is 11.8 Å². The highest BCUT2D eigenvalue weighted by Crippen LogP contribution is 2.21. The predicted molar refractivity (Wildman–Crippen MR) is 50.5 cm³/mol. The lowest BCUT2D eigenvalue weighted by molar-refractivity contribution is 0.312. The summed E-state index contributed by atoms with van der Waals surface area (Å²) in [6, 6.07) is 6.22. The van der Waals surface area contributed by atoms with Gasteiger partial charge < -0.3 is 17.7 Å². The zero-order valence-electron chi connectivity index (χ0n) is 8.01. The highest BCUT2D eigenvalue weighted by atomic mass is 19.4. The Morgan fingerprint density at radius 3 is 2.60 bits per heavy atom. The molecule has 0 saturated heterocycles. The first-order valence-corrected chi connectivity index (χ1v) is 4.27. The Bertz CT molecular complexity index is 397. The first kappa shape index (κ1) is 11.4. The Balaban J connectivity index is 2.81. The second-order valence-corrected chi connectivity index (χ2v) is 3.11. The Hall–Kier alpha value is -1.64.